The van der Waals surface area contributed by atoms with Gasteiger partial charge in [0.2, 0.25) is 23.6 Å². The molecular weight excluding hydrogens is 933 g/mol. The first kappa shape index (κ1) is 58.5. The van der Waals surface area contributed by atoms with E-state index < -0.39 is 65.8 Å². The smallest absolute Gasteiger partial charge is 0.335 e. The monoisotopic (exact) mass is 1010 g/mol. The van der Waals surface area contributed by atoms with Crippen molar-refractivity contribution >= 4 is 58.5 Å². The number of hydrogen-bond donors (Lipinski definition) is 1. The fourth-order valence-electron chi connectivity index (χ4n) is 9.80. The van der Waals surface area contributed by atoms with Crippen molar-refractivity contribution in [3.63, 3.8) is 0 Å². The van der Waals surface area contributed by atoms with Gasteiger partial charge in [-0.3, -0.25) is 33.6 Å². The molecule has 0 aliphatic carbocycles. The minimum atomic E-state index is -0.987. The molecule has 1 aromatic heterocycles. The number of likely N-dealkylation sites (N-methyl/N-ethyl adjacent to an activating group) is 2. The molecule has 2 aliphatic heterocycles. The maximum atomic E-state index is 14.6. The lowest BCUT2D eigenvalue weighted by atomic mass is 9.85. The van der Waals surface area contributed by atoms with Gasteiger partial charge in [-0.15, -0.1) is 16.4 Å². The van der Waals surface area contributed by atoms with Crippen molar-refractivity contribution in [1.29, 1.82) is 0 Å². The zero-order valence-electron chi connectivity index (χ0n) is 43.6. The number of methoxy groups -OCH3 is 2. The number of imide groups is 1. The minimum absolute atomic E-state index is 0.0213. The number of nitrogens with zero attached hydrogens (tertiary/aromatic N) is 5. The standard InChI is InChI=1S/C52H78N6O12S/c1-12-34(6)48(40(67-10)31-44(63)57-25-16-19-38(57)49(68-11)35(7)39(59)30-37(51-53-24-28-71-51)29-36-17-14-13-15-18-36)56(9)52(66)46(32(2)3)54-50(65)47(33(4)5)55(8)41(60)22-26-69-27-23-45(64)70-58-42(61)20-21-43(58)62/h13-15,17-18,24,28,32-35,37-38,40,46-49H,12,16,19-23,25-27,29-31H2,1-11H3,(H,54,65)/t34-,35+,37-,38+,40-,46+,47?,48?,49-/m1/s1. The summed E-state index contributed by atoms with van der Waals surface area (Å²) in [5.74, 6) is -4.84. The highest BCUT2D eigenvalue weighted by molar-refractivity contribution is 7.09. The van der Waals surface area contributed by atoms with Gasteiger partial charge in [0.1, 0.15) is 17.9 Å². The molecule has 0 radical (unpaired) electrons. The van der Waals surface area contributed by atoms with Gasteiger partial charge in [-0.25, -0.2) is 9.78 Å². The fourth-order valence-corrected chi connectivity index (χ4v) is 10.5. The zero-order chi connectivity index (χ0) is 52.5. The van der Waals surface area contributed by atoms with Crippen LogP contribution in [-0.2, 0) is 63.8 Å². The largest absolute Gasteiger partial charge is 0.380 e. The summed E-state index contributed by atoms with van der Waals surface area (Å²) in [6.07, 6.45) is 3.10. The first-order valence-electron chi connectivity index (χ1n) is 25.0. The molecule has 2 saturated heterocycles. The molecule has 2 unspecified atom stereocenters. The third kappa shape index (κ3) is 15.9. The van der Waals surface area contributed by atoms with Gasteiger partial charge in [0.25, 0.3) is 11.8 Å². The predicted octanol–water partition coefficient (Wildman–Crippen LogP) is 5.38. The van der Waals surface area contributed by atoms with Crippen LogP contribution in [0.15, 0.2) is 41.9 Å². The normalized spacial score (nSPS) is 18.4. The van der Waals surface area contributed by atoms with Gasteiger partial charge >= 0.3 is 5.97 Å². The molecule has 2 fully saturated rings. The van der Waals surface area contributed by atoms with Crippen molar-refractivity contribution < 1.29 is 57.4 Å². The summed E-state index contributed by atoms with van der Waals surface area (Å²) < 4.78 is 17.6. The summed E-state index contributed by atoms with van der Waals surface area (Å²) in [6.45, 7) is 13.4. The molecule has 0 saturated carbocycles. The minimum Gasteiger partial charge on any atom is -0.380 e. The fraction of sp³-hybridized carbons (Fsp3) is 0.673. The van der Waals surface area contributed by atoms with Crippen LogP contribution in [0.5, 0.6) is 0 Å². The third-order valence-corrected chi connectivity index (χ3v) is 14.9. The average Bonchev–Trinajstić information content (AvgIpc) is 4.13. The zero-order valence-corrected chi connectivity index (χ0v) is 44.4. The molecule has 1 aromatic carbocycles. The van der Waals surface area contributed by atoms with Crippen LogP contribution in [-0.4, -0.2) is 156 Å². The number of ketones is 1. The Labute approximate surface area is 423 Å². The number of thiazole rings is 1. The summed E-state index contributed by atoms with van der Waals surface area (Å²) >= 11 is 1.54. The number of carbonyl (C=O) groups is 8. The molecule has 19 heteroatoms. The Morgan fingerprint density at radius 2 is 1.54 bits per heavy atom. The second-order valence-electron chi connectivity index (χ2n) is 19.6. The maximum absolute atomic E-state index is 14.6. The van der Waals surface area contributed by atoms with Crippen LogP contribution < -0.4 is 5.32 Å². The molecule has 3 heterocycles. The predicted molar refractivity (Wildman–Crippen MR) is 266 cm³/mol. The van der Waals surface area contributed by atoms with Gasteiger partial charge in [-0.2, -0.15) is 0 Å². The van der Waals surface area contributed by atoms with Crippen molar-refractivity contribution in [3.05, 3.63) is 52.5 Å². The number of hydrogen-bond acceptors (Lipinski definition) is 14. The van der Waals surface area contributed by atoms with E-state index in [1.807, 2.05) is 63.1 Å². The second kappa shape index (κ2) is 28.2. The Kier molecular flexibility index (Phi) is 23.2. The number of nitrogens with one attached hydrogen (secondary N) is 1. The van der Waals surface area contributed by atoms with E-state index in [1.54, 1.807) is 50.4 Å². The van der Waals surface area contributed by atoms with Crippen molar-refractivity contribution in [2.24, 2.45) is 23.7 Å². The average molecular weight is 1010 g/mol. The van der Waals surface area contributed by atoms with Crippen molar-refractivity contribution in [2.45, 2.75) is 155 Å². The Hall–Kier alpha value is -5.11. The van der Waals surface area contributed by atoms with Gasteiger partial charge in [0.05, 0.1) is 61.8 Å². The molecule has 394 valence electrons. The van der Waals surface area contributed by atoms with Crippen molar-refractivity contribution in [1.82, 2.24) is 30.1 Å². The van der Waals surface area contributed by atoms with E-state index in [2.05, 4.69) is 22.4 Å². The van der Waals surface area contributed by atoms with E-state index in [4.69, 9.17) is 19.0 Å². The number of Topliss-reactive ketones (excluding diaryl/α,β-unsaturated/α-hetero) is 1. The highest BCUT2D eigenvalue weighted by Gasteiger charge is 2.44. The number of carbonyl (C=O) groups excluding carboxylic acids is 8. The van der Waals surface area contributed by atoms with E-state index in [1.165, 1.54) is 19.1 Å². The molecule has 6 amide bonds. The number of rotatable bonds is 29. The first-order valence-corrected chi connectivity index (χ1v) is 25.9. The molecular formula is C52H78N6O12S. The SMILES string of the molecule is CC[C@@H](C)C([C@@H](CC(=O)N1CCC[C@H]1[C@H](OC)[C@@H](C)C(=O)C[C@@H](Cc1ccccc1)c1nccs1)OC)N(C)C(=O)[C@@H](NC(=O)C(C(C)C)N(C)C(=O)CCOCCC(=O)ON1C(=O)CCC1=O)C(C)C. The van der Waals surface area contributed by atoms with E-state index in [-0.39, 0.29) is 99.0 Å². The van der Waals surface area contributed by atoms with Crippen LogP contribution >= 0.6 is 11.3 Å². The lowest BCUT2D eigenvalue weighted by Crippen LogP contribution is -2.60. The van der Waals surface area contributed by atoms with E-state index in [9.17, 15) is 38.4 Å². The number of aromatic nitrogens is 1. The number of ether oxygens (including phenoxy) is 3. The molecule has 2 aromatic rings. The molecule has 2 aliphatic rings. The summed E-state index contributed by atoms with van der Waals surface area (Å²) in [6, 6.07) is 7.22. The number of hydroxylamine groups is 2. The Morgan fingerprint density at radius 3 is 2.11 bits per heavy atom. The molecule has 18 nitrogen and oxygen atoms in total. The first-order chi connectivity index (χ1) is 33.7. The van der Waals surface area contributed by atoms with E-state index in [0.717, 1.165) is 17.0 Å². The lowest BCUT2D eigenvalue weighted by molar-refractivity contribution is -0.198. The summed E-state index contributed by atoms with van der Waals surface area (Å²) in [5.41, 5.74) is 1.12. The van der Waals surface area contributed by atoms with Gasteiger partial charge in [0.15, 0.2) is 0 Å². The summed E-state index contributed by atoms with van der Waals surface area (Å²) in [4.78, 5) is 120. The highest BCUT2D eigenvalue weighted by atomic mass is 32.1. The lowest BCUT2D eigenvalue weighted by Gasteiger charge is -2.41. The second-order valence-corrected chi connectivity index (χ2v) is 20.5. The van der Waals surface area contributed by atoms with Crippen LogP contribution in [0.4, 0.5) is 0 Å². The summed E-state index contributed by atoms with van der Waals surface area (Å²) in [7, 11) is 6.30. The molecule has 1 N–H and O–H groups in total. The molecule has 4 rings (SSSR count). The van der Waals surface area contributed by atoms with E-state index >= 15 is 0 Å². The van der Waals surface area contributed by atoms with Crippen LogP contribution in [0.3, 0.4) is 0 Å². The quantitative estimate of drug-likeness (QED) is 0.0803. The van der Waals surface area contributed by atoms with Crippen LogP contribution in [0.1, 0.15) is 123 Å². The maximum Gasteiger partial charge on any atom is 0.335 e. The van der Waals surface area contributed by atoms with Gasteiger partial charge in [-0.05, 0) is 42.6 Å². The topological polar surface area (TPSA) is 211 Å². The number of likely N-dealkylation sites (tertiary alicyclic amines) is 1. The molecule has 71 heavy (non-hydrogen) atoms. The Morgan fingerprint density at radius 1 is 0.873 bits per heavy atom. The Bertz CT molecular complexity index is 2070. The molecule has 0 bridgehead atoms. The van der Waals surface area contributed by atoms with Crippen molar-refractivity contribution in [3.8, 4) is 0 Å². The third-order valence-electron chi connectivity index (χ3n) is 14.0. The van der Waals surface area contributed by atoms with Crippen LogP contribution in [0.2, 0.25) is 0 Å². The van der Waals surface area contributed by atoms with Crippen LogP contribution in [0, 0.1) is 23.7 Å². The van der Waals surface area contributed by atoms with Gasteiger partial charge in [-0.1, -0.05) is 85.2 Å². The highest BCUT2D eigenvalue weighted by Crippen LogP contribution is 2.33. The van der Waals surface area contributed by atoms with Gasteiger partial charge in [0, 0.05) is 77.5 Å². The van der Waals surface area contributed by atoms with E-state index in [0.29, 0.717) is 30.9 Å². The van der Waals surface area contributed by atoms with Crippen molar-refractivity contribution in [2.75, 3.05) is 48.1 Å². The molecule has 0 spiro atoms. The molecule has 9 atom stereocenters. The summed E-state index contributed by atoms with van der Waals surface area (Å²) in [5, 5.41) is 6.24. The number of amides is 6. The Balaban J connectivity index is 1.40. The van der Waals surface area contributed by atoms with Gasteiger partial charge < -0.3 is 39.1 Å². The number of benzene rings is 1. The van der Waals surface area contributed by atoms with Crippen LogP contribution in [0.25, 0.3) is 0 Å².